The van der Waals surface area contributed by atoms with E-state index in [1.54, 1.807) is 28.4 Å². The molecular weight excluding hydrogens is 320 g/mol. The fourth-order valence-electron chi connectivity index (χ4n) is 3.14. The summed E-state index contributed by atoms with van der Waals surface area (Å²) in [5.74, 6) is 2.69. The third-order valence-electron chi connectivity index (χ3n) is 4.39. The van der Waals surface area contributed by atoms with Crippen LogP contribution in [0.4, 0.5) is 0 Å². The SMILES string of the molecule is COc1cc2ccn3c4cc(OC)c(OC)cc4nc3c2cc1OC. The van der Waals surface area contributed by atoms with Crippen molar-refractivity contribution < 1.29 is 18.9 Å². The molecule has 0 bridgehead atoms. The lowest BCUT2D eigenvalue weighted by atomic mass is 10.1. The largest absolute Gasteiger partial charge is 0.493 e. The fourth-order valence-corrected chi connectivity index (χ4v) is 3.14. The zero-order valence-corrected chi connectivity index (χ0v) is 14.5. The predicted molar refractivity (Wildman–Crippen MR) is 96.4 cm³/mol. The molecule has 0 amide bonds. The molecule has 0 aliphatic rings. The summed E-state index contributed by atoms with van der Waals surface area (Å²) >= 11 is 0. The highest BCUT2D eigenvalue weighted by Gasteiger charge is 2.15. The van der Waals surface area contributed by atoms with Gasteiger partial charge in [-0.3, -0.25) is 4.40 Å². The highest BCUT2D eigenvalue weighted by molar-refractivity contribution is 6.00. The minimum Gasteiger partial charge on any atom is -0.493 e. The van der Waals surface area contributed by atoms with Crippen molar-refractivity contribution in [3.63, 3.8) is 0 Å². The highest BCUT2D eigenvalue weighted by atomic mass is 16.5. The lowest BCUT2D eigenvalue weighted by Crippen LogP contribution is -1.93. The number of pyridine rings is 1. The van der Waals surface area contributed by atoms with Gasteiger partial charge in [0.1, 0.15) is 5.65 Å². The Labute approximate surface area is 144 Å². The molecule has 0 N–H and O–H groups in total. The number of rotatable bonds is 4. The molecule has 6 heteroatoms. The number of imidazole rings is 1. The van der Waals surface area contributed by atoms with Gasteiger partial charge in [-0.05, 0) is 23.6 Å². The summed E-state index contributed by atoms with van der Waals surface area (Å²) in [5.41, 5.74) is 2.62. The van der Waals surface area contributed by atoms with Gasteiger partial charge >= 0.3 is 0 Å². The smallest absolute Gasteiger partial charge is 0.163 e. The van der Waals surface area contributed by atoms with Crippen LogP contribution in [0.2, 0.25) is 0 Å². The normalized spacial score (nSPS) is 11.2. The number of benzene rings is 2. The van der Waals surface area contributed by atoms with Crippen LogP contribution in [0.15, 0.2) is 36.5 Å². The maximum absolute atomic E-state index is 5.44. The number of hydrogen-bond donors (Lipinski definition) is 0. The van der Waals surface area contributed by atoms with Crippen LogP contribution in [-0.4, -0.2) is 37.8 Å². The average Bonchev–Trinajstić information content (AvgIpc) is 3.03. The van der Waals surface area contributed by atoms with Crippen molar-refractivity contribution in [2.24, 2.45) is 0 Å². The summed E-state index contributed by atoms with van der Waals surface area (Å²) in [6.45, 7) is 0. The minimum atomic E-state index is 0.655. The molecule has 4 rings (SSSR count). The molecule has 0 unspecified atom stereocenters. The van der Waals surface area contributed by atoms with Crippen LogP contribution in [-0.2, 0) is 0 Å². The molecule has 6 nitrogen and oxygen atoms in total. The van der Waals surface area contributed by atoms with Gasteiger partial charge in [-0.2, -0.15) is 0 Å². The van der Waals surface area contributed by atoms with Crippen LogP contribution in [0.3, 0.4) is 0 Å². The van der Waals surface area contributed by atoms with Gasteiger partial charge in [0.25, 0.3) is 0 Å². The molecule has 2 aromatic heterocycles. The molecule has 0 radical (unpaired) electrons. The van der Waals surface area contributed by atoms with Crippen LogP contribution >= 0.6 is 0 Å². The Morgan fingerprint density at radius 1 is 0.760 bits per heavy atom. The zero-order valence-electron chi connectivity index (χ0n) is 14.5. The number of nitrogens with zero attached hydrogens (tertiary/aromatic N) is 2. The molecule has 0 saturated heterocycles. The standard InChI is InChI=1S/C19H18N2O4/c1-22-15-7-11-5-6-21-14-10-18(25-4)17(24-3)9-13(14)20-19(21)12(11)8-16(15)23-2/h5-10H,1-4H3. The lowest BCUT2D eigenvalue weighted by Gasteiger charge is -2.10. The molecule has 2 aromatic carbocycles. The summed E-state index contributed by atoms with van der Waals surface area (Å²) < 4.78 is 23.7. The molecule has 0 fully saturated rings. The summed E-state index contributed by atoms with van der Waals surface area (Å²) in [4.78, 5) is 4.79. The number of methoxy groups -OCH3 is 4. The van der Waals surface area contributed by atoms with Crippen molar-refractivity contribution >= 4 is 27.5 Å². The van der Waals surface area contributed by atoms with E-state index in [-0.39, 0.29) is 0 Å². The molecule has 0 atom stereocenters. The molecule has 0 spiro atoms. The fraction of sp³-hybridized carbons (Fsp3) is 0.211. The summed E-state index contributed by atoms with van der Waals surface area (Å²) in [5, 5.41) is 2.01. The van der Waals surface area contributed by atoms with Crippen LogP contribution in [0.25, 0.3) is 27.5 Å². The van der Waals surface area contributed by atoms with Gasteiger partial charge in [-0.15, -0.1) is 0 Å². The maximum atomic E-state index is 5.44. The van der Waals surface area contributed by atoms with E-state index in [2.05, 4.69) is 0 Å². The van der Waals surface area contributed by atoms with E-state index < -0.39 is 0 Å². The van der Waals surface area contributed by atoms with E-state index in [9.17, 15) is 0 Å². The molecule has 4 aromatic rings. The first-order valence-electron chi connectivity index (χ1n) is 7.78. The Morgan fingerprint density at radius 3 is 2.04 bits per heavy atom. The first-order chi connectivity index (χ1) is 12.2. The maximum Gasteiger partial charge on any atom is 0.163 e. The first kappa shape index (κ1) is 15.4. The summed E-state index contributed by atoms with van der Waals surface area (Å²) in [7, 11) is 6.50. The number of hydrogen-bond acceptors (Lipinski definition) is 5. The van der Waals surface area contributed by atoms with Crippen molar-refractivity contribution in [3.05, 3.63) is 36.5 Å². The minimum absolute atomic E-state index is 0.655. The van der Waals surface area contributed by atoms with Gasteiger partial charge in [-0.25, -0.2) is 4.98 Å². The zero-order chi connectivity index (χ0) is 17.6. The van der Waals surface area contributed by atoms with Crippen LogP contribution in [0.5, 0.6) is 23.0 Å². The van der Waals surface area contributed by atoms with Gasteiger partial charge in [0.15, 0.2) is 23.0 Å². The Balaban J connectivity index is 2.10. The van der Waals surface area contributed by atoms with E-state index in [4.69, 9.17) is 23.9 Å². The Morgan fingerprint density at radius 2 is 1.36 bits per heavy atom. The second-order valence-corrected chi connectivity index (χ2v) is 5.61. The third-order valence-corrected chi connectivity index (χ3v) is 4.39. The van der Waals surface area contributed by atoms with Crippen LogP contribution < -0.4 is 18.9 Å². The van der Waals surface area contributed by atoms with Crippen molar-refractivity contribution in [1.82, 2.24) is 9.38 Å². The molecule has 25 heavy (non-hydrogen) atoms. The second kappa shape index (κ2) is 5.73. The lowest BCUT2D eigenvalue weighted by molar-refractivity contribution is 0.355. The van der Waals surface area contributed by atoms with Gasteiger partial charge < -0.3 is 18.9 Å². The van der Waals surface area contributed by atoms with E-state index in [1.165, 1.54) is 0 Å². The molecular formula is C19H18N2O4. The van der Waals surface area contributed by atoms with E-state index >= 15 is 0 Å². The molecule has 0 saturated carbocycles. The Kier molecular flexibility index (Phi) is 3.53. The predicted octanol–water partition coefficient (Wildman–Crippen LogP) is 3.68. The van der Waals surface area contributed by atoms with Crippen LogP contribution in [0, 0.1) is 0 Å². The van der Waals surface area contributed by atoms with Gasteiger partial charge in [-0.1, -0.05) is 0 Å². The van der Waals surface area contributed by atoms with E-state index in [0.29, 0.717) is 23.0 Å². The van der Waals surface area contributed by atoms with Crippen molar-refractivity contribution in [1.29, 1.82) is 0 Å². The summed E-state index contributed by atoms with van der Waals surface area (Å²) in [6.07, 6.45) is 1.99. The van der Waals surface area contributed by atoms with Gasteiger partial charge in [0, 0.05) is 23.7 Å². The molecule has 0 aliphatic heterocycles. The Hall–Kier alpha value is -3.15. The number of fused-ring (bicyclic) bond motifs is 5. The topological polar surface area (TPSA) is 54.2 Å². The van der Waals surface area contributed by atoms with E-state index in [0.717, 1.165) is 27.5 Å². The van der Waals surface area contributed by atoms with E-state index in [1.807, 2.05) is 40.9 Å². The number of ether oxygens (including phenoxy) is 4. The summed E-state index contributed by atoms with van der Waals surface area (Å²) in [6, 6.07) is 9.75. The monoisotopic (exact) mass is 338 g/mol. The molecule has 128 valence electrons. The molecule has 0 aliphatic carbocycles. The van der Waals surface area contributed by atoms with Gasteiger partial charge in [0.05, 0.1) is 39.5 Å². The third kappa shape index (κ3) is 2.21. The second-order valence-electron chi connectivity index (χ2n) is 5.61. The Bertz CT molecular complexity index is 1100. The first-order valence-corrected chi connectivity index (χ1v) is 7.78. The number of aromatic nitrogens is 2. The highest BCUT2D eigenvalue weighted by Crippen LogP contribution is 2.37. The van der Waals surface area contributed by atoms with Crippen LogP contribution in [0.1, 0.15) is 0 Å². The quantitative estimate of drug-likeness (QED) is 0.568. The van der Waals surface area contributed by atoms with Gasteiger partial charge in [0.2, 0.25) is 0 Å². The molecule has 2 heterocycles. The van der Waals surface area contributed by atoms with Crippen molar-refractivity contribution in [2.45, 2.75) is 0 Å². The average molecular weight is 338 g/mol. The van der Waals surface area contributed by atoms with Crippen molar-refractivity contribution in [2.75, 3.05) is 28.4 Å². The van der Waals surface area contributed by atoms with Crippen molar-refractivity contribution in [3.8, 4) is 23.0 Å².